The van der Waals surface area contributed by atoms with Crippen LogP contribution in [0.3, 0.4) is 0 Å². The number of amides is 1. The van der Waals surface area contributed by atoms with E-state index >= 15 is 0 Å². The van der Waals surface area contributed by atoms with Crippen molar-refractivity contribution in [3.63, 3.8) is 0 Å². The molecule has 1 aromatic carbocycles. The third kappa shape index (κ3) is 3.96. The minimum atomic E-state index is -0.253. The van der Waals surface area contributed by atoms with Crippen LogP contribution in [0.4, 0.5) is 5.82 Å². The van der Waals surface area contributed by atoms with Crippen LogP contribution < -0.4 is 10.2 Å². The molecular formula is C19H22N4OS. The molecule has 0 radical (unpaired) electrons. The van der Waals surface area contributed by atoms with Crippen molar-refractivity contribution >= 4 is 33.3 Å². The summed E-state index contributed by atoms with van der Waals surface area (Å²) < 4.78 is 0. The van der Waals surface area contributed by atoms with E-state index in [0.29, 0.717) is 0 Å². The standard InChI is InChI=1S/C19H22N4OS/c1-19(2,3)22-15(24)10-23(4)17-16-14(13-8-6-5-7-9-13)11-25-18(16)21-12-20-17/h5-9,11-12H,10H2,1-4H3,(H,22,24). The van der Waals surface area contributed by atoms with E-state index in [0.717, 1.165) is 27.2 Å². The van der Waals surface area contributed by atoms with Crippen LogP contribution in [0.5, 0.6) is 0 Å². The van der Waals surface area contributed by atoms with Crippen molar-refractivity contribution in [2.24, 2.45) is 0 Å². The van der Waals surface area contributed by atoms with Gasteiger partial charge in [0.15, 0.2) is 0 Å². The number of thiophene rings is 1. The quantitative estimate of drug-likeness (QED) is 0.776. The van der Waals surface area contributed by atoms with Crippen molar-refractivity contribution in [3.8, 4) is 11.1 Å². The van der Waals surface area contributed by atoms with E-state index in [4.69, 9.17) is 0 Å². The first-order valence-electron chi connectivity index (χ1n) is 8.15. The van der Waals surface area contributed by atoms with E-state index in [9.17, 15) is 4.79 Å². The predicted molar refractivity (Wildman–Crippen MR) is 104 cm³/mol. The Bertz CT molecular complexity index is 883. The monoisotopic (exact) mass is 354 g/mol. The molecule has 1 N–H and O–H groups in total. The Labute approximate surface area is 151 Å². The maximum absolute atomic E-state index is 12.3. The number of nitrogens with one attached hydrogen (secondary N) is 1. The van der Waals surface area contributed by atoms with Gasteiger partial charge in [-0.3, -0.25) is 4.79 Å². The highest BCUT2D eigenvalue weighted by Gasteiger charge is 2.19. The average Bonchev–Trinajstić information content (AvgIpc) is 2.97. The summed E-state index contributed by atoms with van der Waals surface area (Å²) in [6.45, 7) is 6.16. The Hall–Kier alpha value is -2.47. The first kappa shape index (κ1) is 17.4. The van der Waals surface area contributed by atoms with Crippen LogP contribution in [0.25, 0.3) is 21.3 Å². The lowest BCUT2D eigenvalue weighted by molar-refractivity contribution is -0.121. The average molecular weight is 354 g/mol. The minimum Gasteiger partial charge on any atom is -0.350 e. The molecule has 5 nitrogen and oxygen atoms in total. The van der Waals surface area contributed by atoms with Gasteiger partial charge in [-0.15, -0.1) is 11.3 Å². The van der Waals surface area contributed by atoms with Crippen molar-refractivity contribution in [2.75, 3.05) is 18.5 Å². The molecule has 0 bridgehead atoms. The zero-order valence-electron chi connectivity index (χ0n) is 14.9. The van der Waals surface area contributed by atoms with E-state index in [1.54, 1.807) is 17.7 Å². The third-order valence-electron chi connectivity index (χ3n) is 3.69. The molecule has 25 heavy (non-hydrogen) atoms. The molecule has 0 aliphatic rings. The summed E-state index contributed by atoms with van der Waals surface area (Å²) in [6.07, 6.45) is 1.56. The van der Waals surface area contributed by atoms with Gasteiger partial charge in [-0.1, -0.05) is 30.3 Å². The van der Waals surface area contributed by atoms with Crippen molar-refractivity contribution in [2.45, 2.75) is 26.3 Å². The number of fused-ring (bicyclic) bond motifs is 1. The van der Waals surface area contributed by atoms with E-state index in [2.05, 4.69) is 32.8 Å². The highest BCUT2D eigenvalue weighted by molar-refractivity contribution is 7.17. The van der Waals surface area contributed by atoms with Crippen molar-refractivity contribution in [1.82, 2.24) is 15.3 Å². The zero-order chi connectivity index (χ0) is 18.0. The molecule has 2 heterocycles. The Balaban J connectivity index is 1.96. The van der Waals surface area contributed by atoms with Gasteiger partial charge in [0.2, 0.25) is 5.91 Å². The SMILES string of the molecule is CN(CC(=O)NC(C)(C)C)c1ncnc2scc(-c3ccccc3)c12. The Morgan fingerprint density at radius 1 is 1.20 bits per heavy atom. The second kappa shape index (κ2) is 6.80. The number of hydrogen-bond acceptors (Lipinski definition) is 5. The Morgan fingerprint density at radius 3 is 2.60 bits per heavy atom. The second-order valence-electron chi connectivity index (χ2n) is 7.05. The fourth-order valence-electron chi connectivity index (χ4n) is 2.73. The molecule has 6 heteroatoms. The topological polar surface area (TPSA) is 58.1 Å². The third-order valence-corrected chi connectivity index (χ3v) is 4.58. The molecule has 0 fully saturated rings. The van der Waals surface area contributed by atoms with Gasteiger partial charge in [0, 0.05) is 23.5 Å². The van der Waals surface area contributed by atoms with Crippen LogP contribution >= 0.6 is 11.3 Å². The molecule has 0 aliphatic carbocycles. The first-order valence-corrected chi connectivity index (χ1v) is 9.03. The fraction of sp³-hybridized carbons (Fsp3) is 0.316. The molecule has 3 rings (SSSR count). The lowest BCUT2D eigenvalue weighted by atomic mass is 10.1. The summed E-state index contributed by atoms with van der Waals surface area (Å²) >= 11 is 1.59. The van der Waals surface area contributed by atoms with Gasteiger partial charge in [-0.2, -0.15) is 0 Å². The van der Waals surface area contributed by atoms with Gasteiger partial charge in [0.25, 0.3) is 0 Å². The lowest BCUT2D eigenvalue weighted by Gasteiger charge is -2.24. The molecule has 0 saturated carbocycles. The predicted octanol–water partition coefficient (Wildman–Crippen LogP) is 3.71. The van der Waals surface area contributed by atoms with E-state index in [1.165, 1.54) is 0 Å². The zero-order valence-corrected chi connectivity index (χ0v) is 15.7. The number of nitrogens with zero attached hydrogens (tertiary/aromatic N) is 3. The molecule has 0 atom stereocenters. The van der Waals surface area contributed by atoms with Crippen molar-refractivity contribution < 1.29 is 4.79 Å². The molecule has 0 spiro atoms. The number of rotatable bonds is 4. The Kier molecular flexibility index (Phi) is 4.72. The van der Waals surface area contributed by atoms with E-state index < -0.39 is 0 Å². The van der Waals surface area contributed by atoms with Crippen LogP contribution in [0.1, 0.15) is 20.8 Å². The van der Waals surface area contributed by atoms with Crippen molar-refractivity contribution in [3.05, 3.63) is 42.0 Å². The largest absolute Gasteiger partial charge is 0.350 e. The summed E-state index contributed by atoms with van der Waals surface area (Å²) in [6, 6.07) is 10.2. The van der Waals surface area contributed by atoms with Gasteiger partial charge in [-0.05, 0) is 26.3 Å². The lowest BCUT2D eigenvalue weighted by Crippen LogP contribution is -2.45. The maximum atomic E-state index is 12.3. The minimum absolute atomic E-state index is 0.0294. The fourth-order valence-corrected chi connectivity index (χ4v) is 3.64. The molecule has 0 unspecified atom stereocenters. The van der Waals surface area contributed by atoms with Gasteiger partial charge in [0.1, 0.15) is 17.0 Å². The normalized spacial score (nSPS) is 11.5. The molecule has 2 aromatic heterocycles. The van der Waals surface area contributed by atoms with Gasteiger partial charge in [0.05, 0.1) is 11.9 Å². The summed E-state index contributed by atoms with van der Waals surface area (Å²) in [5.41, 5.74) is 1.97. The molecular weight excluding hydrogens is 332 g/mol. The first-order chi connectivity index (χ1) is 11.8. The molecule has 1 amide bonds. The maximum Gasteiger partial charge on any atom is 0.239 e. The van der Waals surface area contributed by atoms with E-state index in [-0.39, 0.29) is 18.0 Å². The Morgan fingerprint density at radius 2 is 1.92 bits per heavy atom. The smallest absolute Gasteiger partial charge is 0.239 e. The molecule has 3 aromatic rings. The summed E-state index contributed by atoms with van der Waals surface area (Å²) in [5.74, 6) is 0.743. The van der Waals surface area contributed by atoms with Gasteiger partial charge < -0.3 is 10.2 Å². The highest BCUT2D eigenvalue weighted by Crippen LogP contribution is 2.37. The summed E-state index contributed by atoms with van der Waals surface area (Å²) in [5, 5.41) is 6.08. The number of likely N-dealkylation sites (N-methyl/N-ethyl adjacent to an activating group) is 1. The number of aromatic nitrogens is 2. The summed E-state index contributed by atoms with van der Waals surface area (Å²) in [7, 11) is 1.89. The second-order valence-corrected chi connectivity index (χ2v) is 7.91. The van der Waals surface area contributed by atoms with Crippen molar-refractivity contribution in [1.29, 1.82) is 0 Å². The van der Waals surface area contributed by atoms with Crippen LogP contribution in [-0.4, -0.2) is 35.0 Å². The number of benzene rings is 1. The van der Waals surface area contributed by atoms with E-state index in [1.807, 2.05) is 50.9 Å². The molecule has 0 saturated heterocycles. The highest BCUT2D eigenvalue weighted by atomic mass is 32.1. The summed E-state index contributed by atoms with van der Waals surface area (Å²) in [4.78, 5) is 23.9. The van der Waals surface area contributed by atoms with Crippen LogP contribution in [0.2, 0.25) is 0 Å². The number of anilines is 1. The van der Waals surface area contributed by atoms with Crippen LogP contribution in [-0.2, 0) is 4.79 Å². The molecule has 130 valence electrons. The number of hydrogen-bond donors (Lipinski definition) is 1. The number of carbonyl (C=O) groups excluding carboxylic acids is 1. The number of carbonyl (C=O) groups is 1. The van der Waals surface area contributed by atoms with Gasteiger partial charge in [-0.25, -0.2) is 9.97 Å². The molecule has 0 aliphatic heterocycles. The van der Waals surface area contributed by atoms with Crippen LogP contribution in [0, 0.1) is 0 Å². The van der Waals surface area contributed by atoms with Gasteiger partial charge >= 0.3 is 0 Å². The van der Waals surface area contributed by atoms with Crippen LogP contribution in [0.15, 0.2) is 42.0 Å².